The largest absolute Gasteiger partial charge is 0.507 e. The van der Waals surface area contributed by atoms with Crippen molar-refractivity contribution in [2.24, 2.45) is 0 Å². The van der Waals surface area contributed by atoms with Gasteiger partial charge < -0.3 is 14.3 Å². The number of nitrogens with zero attached hydrogens (tertiary/aromatic N) is 1. The van der Waals surface area contributed by atoms with Gasteiger partial charge in [0.25, 0.3) is 11.7 Å². The number of rotatable bonds is 4. The standard InChI is InChI=1S/C24H21NO5/c1-14-7-4-10-18(15(14)2)25-21(19-11-6-12-30-19)20(23(27)24(25)28)22(26)16-8-5-9-17(13-16)29-3/h4-13,21,26H,1-3H3/b22-20-. The number of ketones is 1. The molecule has 6 heteroatoms. The van der Waals surface area contributed by atoms with Crippen molar-refractivity contribution in [3.05, 3.63) is 88.9 Å². The number of aliphatic hydroxyl groups excluding tert-OH is 1. The Morgan fingerprint density at radius 1 is 1.07 bits per heavy atom. The van der Waals surface area contributed by atoms with Gasteiger partial charge in [-0.1, -0.05) is 24.3 Å². The molecule has 30 heavy (non-hydrogen) atoms. The maximum atomic E-state index is 13.1. The van der Waals surface area contributed by atoms with Gasteiger partial charge >= 0.3 is 0 Å². The van der Waals surface area contributed by atoms with Crippen LogP contribution in [0.25, 0.3) is 5.76 Å². The lowest BCUT2D eigenvalue weighted by molar-refractivity contribution is -0.132. The fraction of sp³-hybridized carbons (Fsp3) is 0.167. The number of carbonyl (C=O) groups is 2. The quantitative estimate of drug-likeness (QED) is 0.393. The van der Waals surface area contributed by atoms with Crippen LogP contribution in [0.1, 0.15) is 28.5 Å². The second-order valence-corrected chi connectivity index (χ2v) is 7.14. The van der Waals surface area contributed by atoms with Crippen molar-refractivity contribution in [2.45, 2.75) is 19.9 Å². The summed E-state index contributed by atoms with van der Waals surface area (Å²) in [6.45, 7) is 3.83. The minimum atomic E-state index is -0.883. The number of hydrogen-bond donors (Lipinski definition) is 1. The molecule has 3 aromatic rings. The van der Waals surface area contributed by atoms with Crippen molar-refractivity contribution >= 4 is 23.1 Å². The number of benzene rings is 2. The lowest BCUT2D eigenvalue weighted by Crippen LogP contribution is -2.30. The second-order valence-electron chi connectivity index (χ2n) is 7.14. The maximum absolute atomic E-state index is 13.1. The van der Waals surface area contributed by atoms with Crippen LogP contribution < -0.4 is 9.64 Å². The Kier molecular flexibility index (Phi) is 4.91. The molecule has 2 heterocycles. The van der Waals surface area contributed by atoms with Crippen LogP contribution in [0.15, 0.2) is 70.9 Å². The SMILES string of the molecule is COc1cccc(/C(O)=C2/C(=O)C(=O)N(c3cccc(C)c3C)C2c2ccco2)c1. The molecule has 152 valence electrons. The van der Waals surface area contributed by atoms with E-state index in [4.69, 9.17) is 9.15 Å². The summed E-state index contributed by atoms with van der Waals surface area (Å²) in [5.74, 6) is -0.842. The molecule has 1 amide bonds. The van der Waals surface area contributed by atoms with E-state index in [-0.39, 0.29) is 11.3 Å². The third-order valence-electron chi connectivity index (χ3n) is 5.44. The molecule has 2 aromatic carbocycles. The number of aliphatic hydroxyl groups is 1. The first-order valence-electron chi connectivity index (χ1n) is 9.49. The van der Waals surface area contributed by atoms with Gasteiger partial charge in [-0.25, -0.2) is 0 Å². The smallest absolute Gasteiger partial charge is 0.300 e. The zero-order valence-electron chi connectivity index (χ0n) is 16.9. The number of hydrogen-bond acceptors (Lipinski definition) is 5. The third kappa shape index (κ3) is 3.06. The van der Waals surface area contributed by atoms with Crippen LogP contribution in [0.2, 0.25) is 0 Å². The average molecular weight is 403 g/mol. The first kappa shape index (κ1) is 19.5. The summed E-state index contributed by atoms with van der Waals surface area (Å²) in [6.07, 6.45) is 1.48. The Morgan fingerprint density at radius 2 is 1.83 bits per heavy atom. The van der Waals surface area contributed by atoms with E-state index < -0.39 is 17.7 Å². The van der Waals surface area contributed by atoms with Crippen molar-refractivity contribution in [3.8, 4) is 5.75 Å². The summed E-state index contributed by atoms with van der Waals surface area (Å²) >= 11 is 0. The van der Waals surface area contributed by atoms with E-state index in [1.807, 2.05) is 26.0 Å². The molecular formula is C24H21NO5. The highest BCUT2D eigenvalue weighted by molar-refractivity contribution is 6.51. The van der Waals surface area contributed by atoms with E-state index >= 15 is 0 Å². The average Bonchev–Trinajstić information content (AvgIpc) is 3.37. The number of Topliss-reactive ketones (excluding diaryl/α,β-unsaturated/α-hetero) is 1. The Balaban J connectivity index is 1.95. The van der Waals surface area contributed by atoms with Crippen LogP contribution >= 0.6 is 0 Å². The normalized spacial score (nSPS) is 18.1. The number of furan rings is 1. The topological polar surface area (TPSA) is 80.0 Å². The van der Waals surface area contributed by atoms with E-state index in [0.717, 1.165) is 11.1 Å². The Hall–Kier alpha value is -3.80. The Bertz CT molecular complexity index is 1160. The summed E-state index contributed by atoms with van der Waals surface area (Å²) in [6, 6.07) is 14.7. The predicted molar refractivity (Wildman–Crippen MR) is 112 cm³/mol. The van der Waals surface area contributed by atoms with Gasteiger partial charge in [-0.05, 0) is 55.3 Å². The van der Waals surface area contributed by atoms with Crippen LogP contribution in [0.4, 0.5) is 5.69 Å². The molecule has 0 spiro atoms. The van der Waals surface area contributed by atoms with Crippen molar-refractivity contribution in [1.82, 2.24) is 0 Å². The summed E-state index contributed by atoms with van der Waals surface area (Å²) in [5, 5.41) is 11.1. The minimum absolute atomic E-state index is 0.0240. The van der Waals surface area contributed by atoms with E-state index in [1.54, 1.807) is 42.5 Å². The first-order chi connectivity index (χ1) is 14.4. The van der Waals surface area contributed by atoms with Gasteiger partial charge in [0.1, 0.15) is 23.3 Å². The molecule has 0 aliphatic carbocycles. The molecule has 1 unspecified atom stereocenters. The van der Waals surface area contributed by atoms with E-state index in [1.165, 1.54) is 18.3 Å². The van der Waals surface area contributed by atoms with E-state index in [2.05, 4.69) is 0 Å². The van der Waals surface area contributed by atoms with Gasteiger partial charge in [0.15, 0.2) is 0 Å². The molecule has 6 nitrogen and oxygen atoms in total. The van der Waals surface area contributed by atoms with E-state index in [0.29, 0.717) is 22.8 Å². The Labute approximate surface area is 174 Å². The molecule has 1 aromatic heterocycles. The highest BCUT2D eigenvalue weighted by atomic mass is 16.5. The highest BCUT2D eigenvalue weighted by Crippen LogP contribution is 2.43. The molecule has 0 bridgehead atoms. The van der Waals surface area contributed by atoms with Gasteiger partial charge in [0, 0.05) is 11.3 Å². The lowest BCUT2D eigenvalue weighted by atomic mass is 9.98. The second kappa shape index (κ2) is 7.55. The van der Waals surface area contributed by atoms with Crippen LogP contribution in [-0.4, -0.2) is 23.9 Å². The number of aryl methyl sites for hydroxylation is 1. The van der Waals surface area contributed by atoms with Crippen LogP contribution in [0.3, 0.4) is 0 Å². The zero-order chi connectivity index (χ0) is 21.4. The molecular weight excluding hydrogens is 382 g/mol. The summed E-state index contributed by atoms with van der Waals surface area (Å²) in [7, 11) is 1.52. The monoisotopic (exact) mass is 403 g/mol. The molecule has 1 aliphatic heterocycles. The van der Waals surface area contributed by atoms with Crippen LogP contribution in [0.5, 0.6) is 5.75 Å². The molecule has 0 saturated carbocycles. The highest BCUT2D eigenvalue weighted by Gasteiger charge is 2.48. The fourth-order valence-corrected chi connectivity index (χ4v) is 3.72. The van der Waals surface area contributed by atoms with Crippen LogP contribution in [0, 0.1) is 13.8 Å². The fourth-order valence-electron chi connectivity index (χ4n) is 3.72. The molecule has 1 atom stereocenters. The Morgan fingerprint density at radius 3 is 2.53 bits per heavy atom. The predicted octanol–water partition coefficient (Wildman–Crippen LogP) is 4.53. The van der Waals surface area contributed by atoms with E-state index in [9.17, 15) is 14.7 Å². The summed E-state index contributed by atoms with van der Waals surface area (Å²) in [4.78, 5) is 27.6. The van der Waals surface area contributed by atoms with Crippen LogP contribution in [-0.2, 0) is 9.59 Å². The third-order valence-corrected chi connectivity index (χ3v) is 5.44. The number of amides is 1. The molecule has 4 rings (SSSR count). The van der Waals surface area contributed by atoms with Gasteiger partial charge in [-0.3, -0.25) is 14.5 Å². The van der Waals surface area contributed by atoms with Crippen molar-refractivity contribution in [1.29, 1.82) is 0 Å². The molecule has 1 N–H and O–H groups in total. The molecule has 0 radical (unpaired) electrons. The molecule has 1 fully saturated rings. The van der Waals surface area contributed by atoms with Gasteiger partial charge in [0.2, 0.25) is 0 Å². The number of ether oxygens (including phenoxy) is 1. The zero-order valence-corrected chi connectivity index (χ0v) is 16.9. The van der Waals surface area contributed by atoms with Gasteiger partial charge in [0.05, 0.1) is 18.9 Å². The van der Waals surface area contributed by atoms with Gasteiger partial charge in [-0.2, -0.15) is 0 Å². The number of anilines is 1. The summed E-state index contributed by atoms with van der Waals surface area (Å²) < 4.78 is 10.8. The van der Waals surface area contributed by atoms with Crippen molar-refractivity contribution < 1.29 is 23.8 Å². The van der Waals surface area contributed by atoms with Gasteiger partial charge in [-0.15, -0.1) is 0 Å². The summed E-state index contributed by atoms with van der Waals surface area (Å²) in [5.41, 5.74) is 2.81. The first-order valence-corrected chi connectivity index (χ1v) is 9.49. The number of carbonyl (C=O) groups excluding carboxylic acids is 2. The molecule has 1 aliphatic rings. The van der Waals surface area contributed by atoms with Crippen molar-refractivity contribution in [2.75, 3.05) is 12.0 Å². The minimum Gasteiger partial charge on any atom is -0.507 e. The number of methoxy groups -OCH3 is 1. The lowest BCUT2D eigenvalue weighted by Gasteiger charge is -2.25. The maximum Gasteiger partial charge on any atom is 0.300 e. The van der Waals surface area contributed by atoms with Crippen molar-refractivity contribution in [3.63, 3.8) is 0 Å². The molecule has 1 saturated heterocycles.